The highest BCUT2D eigenvalue weighted by molar-refractivity contribution is 7.89. The van der Waals surface area contributed by atoms with Gasteiger partial charge in [-0.05, 0) is 37.5 Å². The number of aromatic nitrogens is 3. The quantitative estimate of drug-likeness (QED) is 0.627. The van der Waals surface area contributed by atoms with Crippen LogP contribution in [0, 0.1) is 6.92 Å². The van der Waals surface area contributed by atoms with Crippen molar-refractivity contribution in [1.29, 1.82) is 0 Å². The lowest BCUT2D eigenvalue weighted by molar-refractivity contribution is 0.578. The number of aromatic amines is 1. The molecule has 0 spiro atoms. The summed E-state index contributed by atoms with van der Waals surface area (Å²) >= 11 is 5.78. The maximum absolute atomic E-state index is 12.0. The largest absolute Gasteiger partial charge is 0.283 e. The van der Waals surface area contributed by atoms with Gasteiger partial charge in [-0.25, -0.2) is 18.1 Å². The lowest BCUT2D eigenvalue weighted by Gasteiger charge is -2.07. The summed E-state index contributed by atoms with van der Waals surface area (Å²) in [7, 11) is -3.61. The summed E-state index contributed by atoms with van der Waals surface area (Å²) in [6.45, 7) is 2.26. The van der Waals surface area contributed by atoms with Gasteiger partial charge in [0.2, 0.25) is 10.0 Å². The van der Waals surface area contributed by atoms with E-state index in [2.05, 4.69) is 19.9 Å². The number of nitrogens with one attached hydrogen (secondary N) is 2. The molecule has 0 radical (unpaired) electrons. The molecule has 0 aliphatic carbocycles. The molecule has 0 saturated heterocycles. The first-order valence-electron chi connectivity index (χ1n) is 6.10. The molecule has 0 aliphatic rings. The summed E-state index contributed by atoms with van der Waals surface area (Å²) in [4.78, 5) is 3.76. The van der Waals surface area contributed by atoms with Crippen LogP contribution in [0.15, 0.2) is 29.4 Å². The van der Waals surface area contributed by atoms with Crippen molar-refractivity contribution in [3.8, 4) is 0 Å². The highest BCUT2D eigenvalue weighted by Crippen LogP contribution is 2.17. The highest BCUT2D eigenvalue weighted by atomic mass is 35.5. The van der Waals surface area contributed by atoms with E-state index in [1.165, 1.54) is 18.3 Å². The molecule has 8 heteroatoms. The van der Waals surface area contributed by atoms with Gasteiger partial charge in [-0.2, -0.15) is 5.10 Å². The number of rotatable bonds is 6. The lowest BCUT2D eigenvalue weighted by atomic mass is 10.1. The average Bonchev–Trinajstić information content (AvgIpc) is 2.81. The maximum Gasteiger partial charge on any atom is 0.243 e. The van der Waals surface area contributed by atoms with Crippen LogP contribution < -0.4 is 4.72 Å². The SMILES string of the molecule is Cc1[nH]ncc1CCCNS(=O)(=O)c1cccnc1Cl. The van der Waals surface area contributed by atoms with Crippen LogP contribution in [0.2, 0.25) is 5.15 Å². The molecule has 0 saturated carbocycles. The molecule has 108 valence electrons. The fraction of sp³-hybridized carbons (Fsp3) is 0.333. The Morgan fingerprint density at radius 1 is 1.45 bits per heavy atom. The van der Waals surface area contributed by atoms with Crippen LogP contribution in [0.5, 0.6) is 0 Å². The zero-order valence-corrected chi connectivity index (χ0v) is 12.5. The molecule has 0 amide bonds. The van der Waals surface area contributed by atoms with Crippen molar-refractivity contribution in [1.82, 2.24) is 19.9 Å². The zero-order chi connectivity index (χ0) is 14.6. The topological polar surface area (TPSA) is 87.7 Å². The smallest absolute Gasteiger partial charge is 0.243 e. The van der Waals surface area contributed by atoms with Crippen LogP contribution in [0.25, 0.3) is 0 Å². The molecule has 20 heavy (non-hydrogen) atoms. The summed E-state index contributed by atoms with van der Waals surface area (Å²) in [6.07, 6.45) is 4.63. The third-order valence-electron chi connectivity index (χ3n) is 2.86. The molecule has 6 nitrogen and oxygen atoms in total. The predicted octanol–water partition coefficient (Wildman–Crippen LogP) is 1.68. The summed E-state index contributed by atoms with van der Waals surface area (Å²) in [5.74, 6) is 0. The maximum atomic E-state index is 12.0. The monoisotopic (exact) mass is 314 g/mol. The minimum atomic E-state index is -3.61. The zero-order valence-electron chi connectivity index (χ0n) is 10.9. The van der Waals surface area contributed by atoms with Crippen LogP contribution in [0.1, 0.15) is 17.7 Å². The molecule has 0 aromatic carbocycles. The number of nitrogens with zero attached hydrogens (tertiary/aromatic N) is 2. The van der Waals surface area contributed by atoms with Gasteiger partial charge >= 0.3 is 0 Å². The average molecular weight is 315 g/mol. The van der Waals surface area contributed by atoms with Crippen LogP contribution >= 0.6 is 11.6 Å². The summed E-state index contributed by atoms with van der Waals surface area (Å²) < 4.78 is 26.6. The van der Waals surface area contributed by atoms with Crippen molar-refractivity contribution >= 4 is 21.6 Å². The molecular formula is C12H15ClN4O2S. The summed E-state index contributed by atoms with van der Waals surface area (Å²) in [6, 6.07) is 2.97. The van der Waals surface area contributed by atoms with Gasteiger partial charge in [-0.15, -0.1) is 0 Å². The van der Waals surface area contributed by atoms with Gasteiger partial charge in [0, 0.05) is 18.4 Å². The van der Waals surface area contributed by atoms with E-state index in [-0.39, 0.29) is 10.0 Å². The molecule has 0 fully saturated rings. The van der Waals surface area contributed by atoms with Crippen LogP contribution in [0.4, 0.5) is 0 Å². The Hall–Kier alpha value is -1.44. The van der Waals surface area contributed by atoms with E-state index in [4.69, 9.17) is 11.6 Å². The lowest BCUT2D eigenvalue weighted by Crippen LogP contribution is -2.25. The third-order valence-corrected chi connectivity index (χ3v) is 4.77. The fourth-order valence-electron chi connectivity index (χ4n) is 1.76. The van der Waals surface area contributed by atoms with Gasteiger partial charge in [-0.3, -0.25) is 5.10 Å². The first-order valence-corrected chi connectivity index (χ1v) is 7.96. The van der Waals surface area contributed by atoms with Gasteiger partial charge in [0.05, 0.1) is 6.20 Å². The minimum Gasteiger partial charge on any atom is -0.283 e. The van der Waals surface area contributed by atoms with Gasteiger partial charge < -0.3 is 0 Å². The second kappa shape index (κ2) is 6.34. The van der Waals surface area contributed by atoms with Crippen molar-refractivity contribution in [3.05, 3.63) is 40.9 Å². The Morgan fingerprint density at radius 3 is 2.90 bits per heavy atom. The number of pyridine rings is 1. The molecule has 2 rings (SSSR count). The Morgan fingerprint density at radius 2 is 2.25 bits per heavy atom. The Labute approximate surface area is 122 Å². The number of sulfonamides is 1. The molecular weight excluding hydrogens is 300 g/mol. The van der Waals surface area contributed by atoms with E-state index >= 15 is 0 Å². The van der Waals surface area contributed by atoms with Crippen LogP contribution in [-0.4, -0.2) is 30.1 Å². The van der Waals surface area contributed by atoms with E-state index in [0.29, 0.717) is 13.0 Å². The van der Waals surface area contributed by atoms with E-state index in [9.17, 15) is 8.42 Å². The highest BCUT2D eigenvalue weighted by Gasteiger charge is 2.17. The number of aryl methyl sites for hydroxylation is 2. The molecule has 2 heterocycles. The molecule has 2 aromatic rings. The molecule has 0 aliphatic heterocycles. The molecule has 0 unspecified atom stereocenters. The number of H-pyrrole nitrogens is 1. The van der Waals surface area contributed by atoms with E-state index in [1.807, 2.05) is 6.92 Å². The molecule has 2 N–H and O–H groups in total. The first-order chi connectivity index (χ1) is 9.50. The second-order valence-corrected chi connectivity index (χ2v) is 6.41. The Balaban J connectivity index is 1.91. The van der Waals surface area contributed by atoms with Gasteiger partial charge in [0.25, 0.3) is 0 Å². The normalized spacial score (nSPS) is 11.7. The predicted molar refractivity (Wildman–Crippen MR) is 76.1 cm³/mol. The third kappa shape index (κ3) is 3.56. The van der Waals surface area contributed by atoms with Crippen molar-refractivity contribution in [3.63, 3.8) is 0 Å². The fourth-order valence-corrected chi connectivity index (χ4v) is 3.29. The summed E-state index contributed by atoms with van der Waals surface area (Å²) in [5, 5.41) is 6.74. The standard InChI is InChI=1S/C12H15ClN4O2S/c1-9-10(8-15-17-9)4-2-7-16-20(18,19)11-5-3-6-14-12(11)13/h3,5-6,8,16H,2,4,7H2,1H3,(H,15,17). The van der Waals surface area contributed by atoms with E-state index < -0.39 is 10.0 Å². The van der Waals surface area contributed by atoms with Crippen molar-refractivity contribution in [2.24, 2.45) is 0 Å². The Bertz CT molecular complexity index is 684. The molecule has 0 bridgehead atoms. The van der Waals surface area contributed by atoms with Crippen molar-refractivity contribution in [2.45, 2.75) is 24.7 Å². The van der Waals surface area contributed by atoms with Crippen molar-refractivity contribution in [2.75, 3.05) is 6.54 Å². The Kier molecular flexibility index (Phi) is 4.74. The van der Waals surface area contributed by atoms with Gasteiger partial charge in [-0.1, -0.05) is 11.6 Å². The summed E-state index contributed by atoms with van der Waals surface area (Å²) in [5.41, 5.74) is 2.09. The first kappa shape index (κ1) is 15.0. The number of halogens is 1. The van der Waals surface area contributed by atoms with Crippen molar-refractivity contribution < 1.29 is 8.42 Å². The van der Waals surface area contributed by atoms with E-state index in [1.54, 1.807) is 6.20 Å². The number of hydrogen-bond donors (Lipinski definition) is 2. The van der Waals surface area contributed by atoms with E-state index in [0.717, 1.165) is 17.7 Å². The van der Waals surface area contributed by atoms with Crippen LogP contribution in [-0.2, 0) is 16.4 Å². The second-order valence-electron chi connectivity index (χ2n) is 4.31. The van der Waals surface area contributed by atoms with Crippen LogP contribution in [0.3, 0.4) is 0 Å². The van der Waals surface area contributed by atoms with Gasteiger partial charge in [0.15, 0.2) is 0 Å². The molecule has 0 atom stereocenters. The van der Waals surface area contributed by atoms with Gasteiger partial charge in [0.1, 0.15) is 10.0 Å². The minimum absolute atomic E-state index is 0.00107. The number of hydrogen-bond acceptors (Lipinski definition) is 4. The molecule has 2 aromatic heterocycles.